The highest BCUT2D eigenvalue weighted by Gasteiger charge is 2.49. The minimum Gasteiger partial charge on any atom is -0.288 e. The molecule has 2 rings (SSSR count). The van der Waals surface area contributed by atoms with Crippen molar-refractivity contribution in [2.75, 3.05) is 7.05 Å². The first-order valence-corrected chi connectivity index (χ1v) is 6.05. The summed E-state index contributed by atoms with van der Waals surface area (Å²) in [5, 5.41) is 15.2. The summed E-state index contributed by atoms with van der Waals surface area (Å²) in [6, 6.07) is 5.10. The molecule has 1 aliphatic rings. The van der Waals surface area contributed by atoms with Crippen LogP contribution in [0, 0.1) is 10.1 Å². The Morgan fingerprint density at radius 2 is 1.80 bits per heavy atom. The summed E-state index contributed by atoms with van der Waals surface area (Å²) >= 11 is 11.5. The lowest BCUT2D eigenvalue weighted by atomic mass is 10.0. The lowest BCUT2D eigenvalue weighted by molar-refractivity contribution is -0.384. The predicted molar refractivity (Wildman–Crippen MR) is 71.8 cm³/mol. The Morgan fingerprint density at radius 1 is 1.25 bits per heavy atom. The normalized spacial score (nSPS) is 17.9. The van der Waals surface area contributed by atoms with Crippen molar-refractivity contribution in [3.8, 4) is 0 Å². The summed E-state index contributed by atoms with van der Waals surface area (Å²) in [5.41, 5.74) is 0.0164. The van der Waals surface area contributed by atoms with Crippen LogP contribution < -0.4 is 0 Å². The van der Waals surface area contributed by atoms with Crippen LogP contribution in [0.5, 0.6) is 0 Å². The number of non-ortho nitro benzene ring substituents is 1. The monoisotopic (exact) mass is 315 g/mol. The van der Waals surface area contributed by atoms with Crippen molar-refractivity contribution in [1.82, 2.24) is 5.01 Å². The molecule has 0 N–H and O–H groups in total. The van der Waals surface area contributed by atoms with Gasteiger partial charge in [0, 0.05) is 24.7 Å². The number of carbonyl (C=O) groups is 2. The highest BCUT2D eigenvalue weighted by atomic mass is 35.5. The van der Waals surface area contributed by atoms with E-state index in [1.165, 1.54) is 31.3 Å². The smallest absolute Gasteiger partial charge is 0.287 e. The molecule has 0 aromatic heterocycles. The van der Waals surface area contributed by atoms with Gasteiger partial charge in [-0.2, -0.15) is 5.10 Å². The Labute approximate surface area is 122 Å². The molecule has 104 valence electrons. The summed E-state index contributed by atoms with van der Waals surface area (Å²) in [6.07, 6.45) is 0. The molecule has 0 saturated heterocycles. The van der Waals surface area contributed by atoms with Gasteiger partial charge in [-0.3, -0.25) is 19.7 Å². The number of hydrogen-bond donors (Lipinski definition) is 0. The number of amides is 1. The molecule has 0 saturated carbocycles. The Hall–Kier alpha value is -1.99. The molecule has 1 aliphatic heterocycles. The average molecular weight is 316 g/mol. The predicted octanol–water partition coefficient (Wildman–Crippen LogP) is 1.51. The van der Waals surface area contributed by atoms with E-state index in [9.17, 15) is 19.7 Å². The molecule has 0 spiro atoms. The van der Waals surface area contributed by atoms with Crippen LogP contribution in [0.1, 0.15) is 5.56 Å². The summed E-state index contributed by atoms with van der Waals surface area (Å²) < 4.78 is -2.24. The lowest BCUT2D eigenvalue weighted by Gasteiger charge is -2.27. The molecule has 0 aliphatic carbocycles. The van der Waals surface area contributed by atoms with Crippen LogP contribution in [0.15, 0.2) is 29.4 Å². The zero-order valence-corrected chi connectivity index (χ0v) is 11.6. The second-order valence-corrected chi connectivity index (χ2v) is 5.31. The summed E-state index contributed by atoms with van der Waals surface area (Å²) in [4.78, 5) is 33.7. The fraction of sp³-hybridized carbons (Fsp3) is 0.182. The first kappa shape index (κ1) is 14.4. The van der Waals surface area contributed by atoms with Gasteiger partial charge >= 0.3 is 0 Å². The third-order valence-corrected chi connectivity index (χ3v) is 3.33. The fourth-order valence-corrected chi connectivity index (χ4v) is 2.04. The molecule has 1 amide bonds. The maximum absolute atomic E-state index is 12.0. The van der Waals surface area contributed by atoms with Gasteiger partial charge in [0.2, 0.25) is 5.78 Å². The highest BCUT2D eigenvalue weighted by Crippen LogP contribution is 2.30. The molecule has 20 heavy (non-hydrogen) atoms. The number of carbonyl (C=O) groups excluding carboxylic acids is 2. The number of benzene rings is 1. The summed E-state index contributed by atoms with van der Waals surface area (Å²) in [6.45, 7) is 0. The van der Waals surface area contributed by atoms with E-state index in [0.717, 1.165) is 5.01 Å². The van der Waals surface area contributed by atoms with Crippen LogP contribution in [-0.2, 0) is 9.59 Å². The van der Waals surface area contributed by atoms with E-state index in [1.807, 2.05) is 0 Å². The number of rotatable bonds is 2. The number of ketones is 1. The first-order chi connectivity index (χ1) is 9.25. The van der Waals surface area contributed by atoms with Crippen LogP contribution in [0.4, 0.5) is 5.69 Å². The molecule has 0 fully saturated rings. The largest absolute Gasteiger partial charge is 0.288 e. The highest BCUT2D eigenvalue weighted by molar-refractivity contribution is 6.77. The number of alkyl halides is 2. The lowest BCUT2D eigenvalue weighted by Crippen LogP contribution is -2.51. The number of hydrazone groups is 1. The van der Waals surface area contributed by atoms with Crippen LogP contribution in [0.2, 0.25) is 0 Å². The van der Waals surface area contributed by atoms with Crippen molar-refractivity contribution >= 4 is 46.3 Å². The molecule has 0 bridgehead atoms. The van der Waals surface area contributed by atoms with Gasteiger partial charge in [-0.05, 0) is 12.1 Å². The van der Waals surface area contributed by atoms with Gasteiger partial charge in [0.05, 0.1) is 4.92 Å². The molecular formula is C11H7Cl2N3O4. The second-order valence-electron chi connectivity index (χ2n) is 3.98. The molecule has 9 heteroatoms. The van der Waals surface area contributed by atoms with Gasteiger partial charge in [0.15, 0.2) is 0 Å². The molecule has 0 radical (unpaired) electrons. The van der Waals surface area contributed by atoms with Crippen molar-refractivity contribution in [2.24, 2.45) is 5.10 Å². The minimum atomic E-state index is -2.24. The Balaban J connectivity index is 2.46. The molecule has 7 nitrogen and oxygen atoms in total. The summed E-state index contributed by atoms with van der Waals surface area (Å²) in [7, 11) is 1.31. The quantitative estimate of drug-likeness (QED) is 0.358. The van der Waals surface area contributed by atoms with Gasteiger partial charge in [0.25, 0.3) is 15.9 Å². The van der Waals surface area contributed by atoms with Crippen molar-refractivity contribution in [2.45, 2.75) is 4.33 Å². The van der Waals surface area contributed by atoms with E-state index in [2.05, 4.69) is 5.10 Å². The van der Waals surface area contributed by atoms with E-state index in [1.54, 1.807) is 0 Å². The molecular weight excluding hydrogens is 309 g/mol. The Bertz CT molecular complexity index is 640. The number of Topliss-reactive ketones (excluding diaryl/α,β-unsaturated/α-hetero) is 1. The topological polar surface area (TPSA) is 92.9 Å². The number of halogens is 2. The van der Waals surface area contributed by atoms with Crippen molar-refractivity contribution in [3.05, 3.63) is 39.9 Å². The van der Waals surface area contributed by atoms with Crippen molar-refractivity contribution in [1.29, 1.82) is 0 Å². The number of nitrogens with zero attached hydrogens (tertiary/aromatic N) is 3. The maximum Gasteiger partial charge on any atom is 0.287 e. The van der Waals surface area contributed by atoms with Crippen molar-refractivity contribution < 1.29 is 14.5 Å². The molecule has 1 aromatic rings. The fourth-order valence-electron chi connectivity index (χ4n) is 1.62. The minimum absolute atomic E-state index is 0.132. The van der Waals surface area contributed by atoms with Crippen LogP contribution in [0.3, 0.4) is 0 Å². The third-order valence-electron chi connectivity index (χ3n) is 2.66. The zero-order chi connectivity index (χ0) is 15.1. The van der Waals surface area contributed by atoms with Crippen molar-refractivity contribution in [3.63, 3.8) is 0 Å². The third kappa shape index (κ3) is 2.25. The van der Waals surface area contributed by atoms with Gasteiger partial charge in [0.1, 0.15) is 5.71 Å². The molecule has 1 aromatic carbocycles. The van der Waals surface area contributed by atoms with Crippen LogP contribution in [-0.4, -0.2) is 38.7 Å². The van der Waals surface area contributed by atoms with Gasteiger partial charge in [-0.25, -0.2) is 5.01 Å². The van der Waals surface area contributed by atoms with E-state index < -0.39 is 20.9 Å². The SMILES string of the molecule is CN1N=C(c2ccc([N+](=O)[O-])cc2)C(=O)C(Cl)(Cl)C1=O. The Kier molecular flexibility index (Phi) is 3.49. The van der Waals surface area contributed by atoms with Crippen LogP contribution >= 0.6 is 23.2 Å². The molecule has 0 atom stereocenters. The van der Waals surface area contributed by atoms with Gasteiger partial charge in [-0.15, -0.1) is 0 Å². The van der Waals surface area contributed by atoms with E-state index in [0.29, 0.717) is 0 Å². The standard InChI is InChI=1S/C11H7Cl2N3O4/c1-15-10(18)11(12,13)9(17)8(14-15)6-2-4-7(5-3-6)16(19)20/h2-5H,1H3. The first-order valence-electron chi connectivity index (χ1n) is 5.29. The second kappa shape index (κ2) is 4.84. The van der Waals surface area contributed by atoms with E-state index in [4.69, 9.17) is 23.2 Å². The molecule has 0 unspecified atom stereocenters. The maximum atomic E-state index is 12.0. The van der Waals surface area contributed by atoms with Gasteiger partial charge in [-0.1, -0.05) is 23.2 Å². The number of nitro groups is 1. The van der Waals surface area contributed by atoms with Gasteiger partial charge < -0.3 is 0 Å². The summed E-state index contributed by atoms with van der Waals surface area (Å²) in [5.74, 6) is -1.71. The number of hydrogen-bond acceptors (Lipinski definition) is 5. The molecule has 1 heterocycles. The zero-order valence-electron chi connectivity index (χ0n) is 10.0. The van der Waals surface area contributed by atoms with E-state index in [-0.39, 0.29) is 17.0 Å². The average Bonchev–Trinajstić information content (AvgIpc) is 2.41. The van der Waals surface area contributed by atoms with E-state index >= 15 is 0 Å². The Morgan fingerprint density at radius 3 is 2.30 bits per heavy atom. The number of nitro benzene ring substituents is 1. The van der Waals surface area contributed by atoms with Crippen LogP contribution in [0.25, 0.3) is 0 Å².